The highest BCUT2D eigenvalue weighted by Gasteiger charge is 2.54. The maximum atomic E-state index is 13.8. The van der Waals surface area contributed by atoms with Crippen LogP contribution in [0.3, 0.4) is 0 Å². The highest BCUT2D eigenvalue weighted by molar-refractivity contribution is 7.66. The van der Waals surface area contributed by atoms with Gasteiger partial charge in [-0.05, 0) is 25.0 Å². The molecule has 468 valence electrons. The summed E-state index contributed by atoms with van der Waals surface area (Å²) in [5, 5.41) is 33.5. The Hall–Kier alpha value is -6.20. The van der Waals surface area contributed by atoms with E-state index in [2.05, 4.69) is 53.5 Å². The molecule has 7 aromatic heterocycles. The van der Waals surface area contributed by atoms with E-state index in [1.54, 1.807) is 24.4 Å². The molecule has 7 aromatic rings. The highest BCUT2D eigenvalue weighted by Crippen LogP contribution is 2.68. The zero-order chi connectivity index (χ0) is 61.8. The Bertz CT molecular complexity index is 4020. The van der Waals surface area contributed by atoms with Gasteiger partial charge in [-0.2, -0.15) is 28.1 Å². The lowest BCUT2D eigenvalue weighted by Gasteiger charge is -2.26. The zero-order valence-corrected chi connectivity index (χ0v) is 48.0. The number of pyridine rings is 1. The number of hydrogen-bond acceptors (Lipinski definition) is 30. The summed E-state index contributed by atoms with van der Waals surface area (Å²) in [4.78, 5) is 112. The molecule has 16 N–H and O–H groups in total. The minimum Gasteiger partial charge on any atom is -0.387 e. The van der Waals surface area contributed by atoms with E-state index >= 15 is 0 Å². The first-order valence-corrected chi connectivity index (χ1v) is 31.2. The van der Waals surface area contributed by atoms with E-state index < -0.39 is 147 Å². The van der Waals surface area contributed by atoms with Crippen LogP contribution in [-0.2, 0) is 82.3 Å². The van der Waals surface area contributed by atoms with Crippen molar-refractivity contribution in [2.45, 2.75) is 87.0 Å². The Morgan fingerprint density at radius 2 is 1.17 bits per heavy atom. The van der Waals surface area contributed by atoms with Crippen molar-refractivity contribution in [3.05, 3.63) is 80.1 Å². The van der Waals surface area contributed by atoms with Gasteiger partial charge in [-0.25, -0.2) is 32.8 Å². The molecule has 3 saturated heterocycles. The molecule has 0 bridgehead atoms. The fraction of sp³-hybridized carbons (Fsp3) is 0.512. The number of fused-ring (bicyclic) bond motifs is 3. The lowest BCUT2D eigenvalue weighted by molar-refractivity contribution is -0.646. The van der Waals surface area contributed by atoms with Crippen LogP contribution in [0.25, 0.3) is 33.5 Å². The first kappa shape index (κ1) is 62.8. The topological polar surface area (TPSA) is 584 Å². The van der Waals surface area contributed by atoms with Gasteiger partial charge in [-0.15, -0.1) is 0 Å². The Balaban J connectivity index is 0.813. The summed E-state index contributed by atoms with van der Waals surface area (Å²) in [6.45, 7) is -3.01. The fourth-order valence-electron chi connectivity index (χ4n) is 9.89. The summed E-state index contributed by atoms with van der Waals surface area (Å²) in [6.07, 6.45) is -12.6. The molecule has 16 atom stereocenters. The third-order valence-electron chi connectivity index (χ3n) is 13.6. The highest BCUT2D eigenvalue weighted by atomic mass is 31.3. The molecular weight excluding hydrogens is 1240 g/mol. The molecule has 0 aliphatic carbocycles. The van der Waals surface area contributed by atoms with Crippen LogP contribution in [0.1, 0.15) is 37.2 Å². The molecule has 45 heteroatoms. The number of aromatic nitrogens is 13. The van der Waals surface area contributed by atoms with Crippen LogP contribution >= 0.6 is 31.3 Å². The Labute approximate surface area is 478 Å². The third-order valence-corrected chi connectivity index (χ3v) is 18.8. The molecule has 0 spiro atoms. The second kappa shape index (κ2) is 24.8. The summed E-state index contributed by atoms with van der Waals surface area (Å²) in [6, 6.07) is 5.24. The monoisotopic (exact) mass is 1300 g/mol. The van der Waals surface area contributed by atoms with Crippen LogP contribution in [0.4, 0.5) is 17.8 Å². The molecule has 0 amide bonds. The first-order valence-electron chi connectivity index (χ1n) is 25.2. The van der Waals surface area contributed by atoms with E-state index in [-0.39, 0.29) is 71.4 Å². The van der Waals surface area contributed by atoms with Gasteiger partial charge >= 0.3 is 36.9 Å². The number of nitrogens with one attached hydrogen (secondary N) is 3. The van der Waals surface area contributed by atoms with E-state index in [4.69, 9.17) is 59.0 Å². The van der Waals surface area contributed by atoms with Crippen molar-refractivity contribution in [2.24, 2.45) is 13.0 Å². The van der Waals surface area contributed by atoms with E-state index in [0.29, 0.717) is 5.69 Å². The molecule has 10 rings (SSSR count). The second-order valence-electron chi connectivity index (χ2n) is 19.3. The molecule has 3 aliphatic rings. The SMILES string of the molecule is CO[C@@H]1[C@H](OP(=O)(O)OC[C@H]2O[C@@H](n3cnc4c(=O)[nH]c(N)nc43)[C@H](O)[C@@H]2O)[C@@H](COP(=O)(O)OP(=O)(O)OP(=O)(O)OC[C@H]2OC(n3c[n+](C)c4c(=O)[nH]c(N)nc43)[C@H](O)[C@@H]2CCCOCc2ccccn2)O[C@H]1n1cnc2c(=O)[nH]c(N)nc21. The van der Waals surface area contributed by atoms with Gasteiger partial charge in [0.2, 0.25) is 30.4 Å². The molecule has 10 heterocycles. The Kier molecular flexibility index (Phi) is 18.1. The van der Waals surface area contributed by atoms with Gasteiger partial charge in [0.25, 0.3) is 22.3 Å². The smallest absolute Gasteiger partial charge is 0.387 e. The molecule has 0 radical (unpaired) electrons. The van der Waals surface area contributed by atoms with Gasteiger partial charge in [0.1, 0.15) is 42.7 Å². The second-order valence-corrected chi connectivity index (χ2v) is 25.4. The summed E-state index contributed by atoms with van der Waals surface area (Å²) >= 11 is 0. The number of aliphatic hydroxyl groups excluding tert-OH is 3. The van der Waals surface area contributed by atoms with Crippen LogP contribution < -0.4 is 38.4 Å². The zero-order valence-electron chi connectivity index (χ0n) is 44.4. The Morgan fingerprint density at radius 3 is 1.78 bits per heavy atom. The minimum atomic E-state index is -6.25. The third kappa shape index (κ3) is 13.4. The first-order chi connectivity index (χ1) is 40.6. The number of ether oxygens (including phenoxy) is 5. The number of nitrogen functional groups attached to an aromatic ring is 3. The molecule has 3 aliphatic heterocycles. The quantitative estimate of drug-likeness (QED) is 0.0156. The predicted molar refractivity (Wildman–Crippen MR) is 282 cm³/mol. The number of H-pyrrole nitrogens is 3. The van der Waals surface area contributed by atoms with Gasteiger partial charge in [0, 0.05) is 25.8 Å². The van der Waals surface area contributed by atoms with Crippen molar-refractivity contribution in [3.63, 3.8) is 0 Å². The average Bonchev–Trinajstić information content (AvgIpc) is 1.71. The maximum Gasteiger partial charge on any atom is 0.490 e. The number of nitrogens with two attached hydrogens (primary N) is 3. The van der Waals surface area contributed by atoms with Crippen molar-refractivity contribution in [2.75, 3.05) is 50.7 Å². The summed E-state index contributed by atoms with van der Waals surface area (Å²) in [7, 11) is -21.1. The fourth-order valence-corrected chi connectivity index (χ4v) is 14.4. The van der Waals surface area contributed by atoms with Gasteiger partial charge in [0.05, 0.1) is 57.9 Å². The summed E-state index contributed by atoms with van der Waals surface area (Å²) < 4.78 is 117. The number of phosphoric ester groups is 3. The number of aromatic amines is 3. The van der Waals surface area contributed by atoms with Crippen LogP contribution in [0.5, 0.6) is 0 Å². The van der Waals surface area contributed by atoms with Crippen LogP contribution in [0, 0.1) is 5.92 Å². The van der Waals surface area contributed by atoms with Gasteiger partial charge in [-0.3, -0.25) is 61.5 Å². The number of anilines is 3. The van der Waals surface area contributed by atoms with Crippen LogP contribution in [-0.4, -0.2) is 176 Å². The molecule has 86 heavy (non-hydrogen) atoms. The summed E-state index contributed by atoms with van der Waals surface area (Å²) in [5.41, 5.74) is 14.8. The molecule has 41 nitrogen and oxygen atoms in total. The van der Waals surface area contributed by atoms with E-state index in [0.717, 1.165) is 28.9 Å². The average molecular weight is 1300 g/mol. The number of methoxy groups -OCH3 is 1. The predicted octanol–water partition coefficient (Wildman–Crippen LogP) is -2.77. The molecule has 5 unspecified atom stereocenters. The van der Waals surface area contributed by atoms with Gasteiger partial charge in [0.15, 0.2) is 34.8 Å². The standard InChI is InChI=1S/C41H54N16O25P4/c1-54-16-57(32-24(54)35(63)53-41(44)50-32)36-25(58)18(7-5-9-73-10-17-6-3-4-8-45-17)19(77-36)11-75-84(66,67)81-86(70,71)82-85(68,69)76-13-21-28(29(72-2)38(79-21)56-15-47-23-31(56)49-40(43)52-34(23)62)80-83(64,65)74-12-20-26(59)27(60)37(78-20)55-14-46-22-30(55)48-39(42)51-33(22)61/h3-4,6,8,14-16,18-21,25-29,36-38,58-60H,5,7,9-13H2,1-2H3,(H12-,42,43,44,48,49,50,51,52,53,61,62,63,64,65,66,67,68,69,70,71)/p+1/t18-,19-,20-,21-,25-,26-,27-,28-,29-,36?,37-,38-/m1/s1. The summed E-state index contributed by atoms with van der Waals surface area (Å²) in [5.74, 6) is -1.96. The van der Waals surface area contributed by atoms with Crippen molar-refractivity contribution in [3.8, 4) is 0 Å². The van der Waals surface area contributed by atoms with E-state index in [1.807, 2.05) is 0 Å². The largest absolute Gasteiger partial charge is 0.490 e. The minimum absolute atomic E-state index is 0.0187. The molecule has 3 fully saturated rings. The number of hydrogen-bond donors (Lipinski definition) is 13. The number of aryl methyl sites for hydroxylation is 1. The van der Waals surface area contributed by atoms with Crippen LogP contribution in [0.15, 0.2) is 57.8 Å². The molecular formula is C41H55N16O25P4+. The van der Waals surface area contributed by atoms with Crippen molar-refractivity contribution >= 4 is 82.6 Å². The lowest BCUT2D eigenvalue weighted by atomic mass is 9.93. The van der Waals surface area contributed by atoms with Gasteiger partial charge < -0.3 is 75.8 Å². The number of imidazole rings is 3. The Morgan fingerprint density at radius 1 is 0.640 bits per heavy atom. The number of nitrogens with zero attached hydrogens (tertiary/aromatic N) is 10. The van der Waals surface area contributed by atoms with Crippen molar-refractivity contribution < 1.29 is 108 Å². The van der Waals surface area contributed by atoms with Gasteiger partial charge in [-0.1, -0.05) is 6.07 Å². The number of rotatable bonds is 25. The number of aliphatic hydroxyl groups is 3. The molecule has 0 saturated carbocycles. The maximum absolute atomic E-state index is 13.8. The van der Waals surface area contributed by atoms with Crippen molar-refractivity contribution in [1.82, 2.24) is 58.6 Å². The molecule has 0 aromatic carbocycles. The normalized spacial score (nSPS) is 28.1. The lowest BCUT2D eigenvalue weighted by Crippen LogP contribution is -2.38. The number of phosphoric acid groups is 4. The van der Waals surface area contributed by atoms with E-state index in [9.17, 15) is 67.5 Å². The van der Waals surface area contributed by atoms with Crippen molar-refractivity contribution in [1.29, 1.82) is 0 Å². The van der Waals surface area contributed by atoms with Crippen LogP contribution in [0.2, 0.25) is 0 Å². The van der Waals surface area contributed by atoms with E-state index in [1.165, 1.54) is 22.5 Å².